The second-order valence-corrected chi connectivity index (χ2v) is 5.47. The van der Waals surface area contributed by atoms with Crippen LogP contribution in [0.4, 0.5) is 5.69 Å². The van der Waals surface area contributed by atoms with Crippen molar-refractivity contribution in [3.8, 4) is 5.75 Å². The predicted octanol–water partition coefficient (Wildman–Crippen LogP) is 3.09. The molecule has 0 radical (unpaired) electrons. The third kappa shape index (κ3) is 3.69. The molecular formula is C14H19NO5. The van der Waals surface area contributed by atoms with Crippen LogP contribution in [-0.4, -0.2) is 22.6 Å². The molecule has 1 aromatic rings. The number of carboxylic acids is 1. The monoisotopic (exact) mass is 281 g/mol. The van der Waals surface area contributed by atoms with Crippen molar-refractivity contribution < 1.29 is 19.6 Å². The van der Waals surface area contributed by atoms with Crippen LogP contribution in [0.15, 0.2) is 12.1 Å². The number of aliphatic carboxylic acids is 1. The smallest absolute Gasteiger partial charge is 0.311 e. The van der Waals surface area contributed by atoms with Gasteiger partial charge in [0, 0.05) is 6.07 Å². The normalized spacial score (nSPS) is 11.2. The Hall–Kier alpha value is -2.11. The van der Waals surface area contributed by atoms with E-state index in [4.69, 9.17) is 9.84 Å². The fourth-order valence-electron chi connectivity index (χ4n) is 1.77. The van der Waals surface area contributed by atoms with Crippen molar-refractivity contribution in [3.63, 3.8) is 0 Å². The standard InChI is InChI=1S/C14H19NO5/c1-9-7-10(2)12(11(8-9)15(18)19)20-6-5-14(3,4)13(16)17/h7-8H,5-6H2,1-4H3,(H,16,17). The van der Waals surface area contributed by atoms with E-state index in [1.807, 2.05) is 0 Å². The largest absolute Gasteiger partial charge is 0.487 e. The molecule has 110 valence electrons. The van der Waals surface area contributed by atoms with Gasteiger partial charge in [-0.15, -0.1) is 0 Å². The number of rotatable bonds is 6. The minimum absolute atomic E-state index is 0.0874. The first kappa shape index (κ1) is 15.9. The van der Waals surface area contributed by atoms with Crippen LogP contribution in [0.5, 0.6) is 5.75 Å². The number of carbonyl (C=O) groups is 1. The van der Waals surface area contributed by atoms with Crippen molar-refractivity contribution in [2.45, 2.75) is 34.1 Å². The number of nitro benzene ring substituents is 1. The minimum atomic E-state index is -0.923. The summed E-state index contributed by atoms with van der Waals surface area (Å²) in [4.78, 5) is 21.5. The van der Waals surface area contributed by atoms with Crippen LogP contribution in [0.25, 0.3) is 0 Å². The van der Waals surface area contributed by atoms with Crippen molar-refractivity contribution in [3.05, 3.63) is 33.4 Å². The Bertz CT molecular complexity index is 537. The quantitative estimate of drug-likeness (QED) is 0.639. The van der Waals surface area contributed by atoms with Gasteiger partial charge in [0.1, 0.15) is 0 Å². The molecule has 0 aliphatic carbocycles. The summed E-state index contributed by atoms with van der Waals surface area (Å²) < 4.78 is 5.47. The second-order valence-electron chi connectivity index (χ2n) is 5.47. The summed E-state index contributed by atoms with van der Waals surface area (Å²) >= 11 is 0. The fraction of sp³-hybridized carbons (Fsp3) is 0.500. The van der Waals surface area contributed by atoms with Gasteiger partial charge >= 0.3 is 11.7 Å². The second kappa shape index (κ2) is 5.90. The molecule has 0 saturated carbocycles. The van der Waals surface area contributed by atoms with E-state index in [1.165, 1.54) is 6.07 Å². The lowest BCUT2D eigenvalue weighted by Crippen LogP contribution is -2.26. The summed E-state index contributed by atoms with van der Waals surface area (Å²) in [6, 6.07) is 3.25. The molecule has 0 atom stereocenters. The molecule has 0 amide bonds. The maximum absolute atomic E-state index is 11.0. The Morgan fingerprint density at radius 1 is 1.40 bits per heavy atom. The minimum Gasteiger partial charge on any atom is -0.487 e. The molecule has 0 spiro atoms. The lowest BCUT2D eigenvalue weighted by Gasteiger charge is -2.19. The third-order valence-corrected chi connectivity index (χ3v) is 3.15. The van der Waals surface area contributed by atoms with E-state index in [-0.39, 0.29) is 24.5 Å². The fourth-order valence-corrected chi connectivity index (χ4v) is 1.77. The van der Waals surface area contributed by atoms with Crippen LogP contribution in [0.3, 0.4) is 0 Å². The van der Waals surface area contributed by atoms with Crippen molar-refractivity contribution in [2.24, 2.45) is 5.41 Å². The van der Waals surface area contributed by atoms with Gasteiger partial charge in [-0.2, -0.15) is 0 Å². The molecule has 6 heteroatoms. The number of hydrogen-bond donors (Lipinski definition) is 1. The molecular weight excluding hydrogens is 262 g/mol. The van der Waals surface area contributed by atoms with Gasteiger partial charge in [0.25, 0.3) is 0 Å². The SMILES string of the molecule is Cc1cc(C)c(OCCC(C)(C)C(=O)O)c([N+](=O)[O-])c1. The lowest BCUT2D eigenvalue weighted by atomic mass is 9.90. The Labute approximate surface area is 117 Å². The summed E-state index contributed by atoms with van der Waals surface area (Å²) in [5.74, 6) is -0.710. The van der Waals surface area contributed by atoms with E-state index in [1.54, 1.807) is 33.8 Å². The maximum atomic E-state index is 11.0. The molecule has 1 aromatic carbocycles. The topological polar surface area (TPSA) is 89.7 Å². The Morgan fingerprint density at radius 3 is 2.50 bits per heavy atom. The van der Waals surface area contributed by atoms with Crippen LogP contribution in [0.2, 0.25) is 0 Å². The van der Waals surface area contributed by atoms with Crippen LogP contribution in [-0.2, 0) is 4.79 Å². The van der Waals surface area contributed by atoms with Gasteiger partial charge in [-0.1, -0.05) is 6.07 Å². The Morgan fingerprint density at radius 2 is 2.00 bits per heavy atom. The molecule has 20 heavy (non-hydrogen) atoms. The maximum Gasteiger partial charge on any atom is 0.311 e. The van der Waals surface area contributed by atoms with Gasteiger partial charge in [-0.25, -0.2) is 0 Å². The number of hydrogen-bond acceptors (Lipinski definition) is 4. The van der Waals surface area contributed by atoms with Crippen LogP contribution in [0, 0.1) is 29.4 Å². The number of ether oxygens (including phenoxy) is 1. The highest BCUT2D eigenvalue weighted by Crippen LogP contribution is 2.32. The van der Waals surface area contributed by atoms with Crippen molar-refractivity contribution >= 4 is 11.7 Å². The number of benzene rings is 1. The van der Waals surface area contributed by atoms with Crippen molar-refractivity contribution in [1.82, 2.24) is 0 Å². The first-order chi connectivity index (χ1) is 9.15. The van der Waals surface area contributed by atoms with E-state index in [2.05, 4.69) is 0 Å². The predicted molar refractivity (Wildman–Crippen MR) is 74.1 cm³/mol. The zero-order chi connectivity index (χ0) is 15.5. The molecule has 0 aliphatic heterocycles. The van der Waals surface area contributed by atoms with E-state index >= 15 is 0 Å². The molecule has 0 fully saturated rings. The van der Waals surface area contributed by atoms with Gasteiger partial charge in [0.05, 0.1) is 16.9 Å². The summed E-state index contributed by atoms with van der Waals surface area (Å²) in [5, 5.41) is 20.0. The Balaban J connectivity index is 2.88. The lowest BCUT2D eigenvalue weighted by molar-refractivity contribution is -0.386. The van der Waals surface area contributed by atoms with Gasteiger partial charge < -0.3 is 9.84 Å². The van der Waals surface area contributed by atoms with E-state index in [9.17, 15) is 14.9 Å². The van der Waals surface area contributed by atoms with E-state index in [0.717, 1.165) is 5.56 Å². The summed E-state index contributed by atoms with van der Waals surface area (Å²) in [7, 11) is 0. The van der Waals surface area contributed by atoms with Crippen molar-refractivity contribution in [1.29, 1.82) is 0 Å². The summed E-state index contributed by atoms with van der Waals surface area (Å²) in [6.45, 7) is 6.81. The Kier molecular flexibility index (Phi) is 4.70. The van der Waals surface area contributed by atoms with Gasteiger partial charge in [0.2, 0.25) is 0 Å². The molecule has 1 N–H and O–H groups in total. The average Bonchev–Trinajstić information content (AvgIpc) is 2.30. The molecule has 0 unspecified atom stereocenters. The highest BCUT2D eigenvalue weighted by Gasteiger charge is 2.27. The van der Waals surface area contributed by atoms with E-state index in [0.29, 0.717) is 5.56 Å². The molecule has 0 aromatic heterocycles. The number of carboxylic acid groups (broad SMARTS) is 1. The number of aryl methyl sites for hydroxylation is 2. The molecule has 1 rings (SSSR count). The van der Waals surface area contributed by atoms with Crippen LogP contribution >= 0.6 is 0 Å². The molecule has 0 saturated heterocycles. The zero-order valence-corrected chi connectivity index (χ0v) is 12.1. The highest BCUT2D eigenvalue weighted by molar-refractivity contribution is 5.73. The van der Waals surface area contributed by atoms with Crippen LogP contribution in [0.1, 0.15) is 31.4 Å². The molecule has 6 nitrogen and oxygen atoms in total. The third-order valence-electron chi connectivity index (χ3n) is 3.15. The average molecular weight is 281 g/mol. The summed E-state index contributed by atoms with van der Waals surface area (Å²) in [5.41, 5.74) is 0.445. The highest BCUT2D eigenvalue weighted by atomic mass is 16.6. The van der Waals surface area contributed by atoms with Gasteiger partial charge in [-0.05, 0) is 45.2 Å². The zero-order valence-electron chi connectivity index (χ0n) is 12.1. The molecule has 0 bridgehead atoms. The number of nitro groups is 1. The van der Waals surface area contributed by atoms with Crippen LogP contribution < -0.4 is 4.74 Å². The summed E-state index contributed by atoms with van der Waals surface area (Å²) in [6.07, 6.45) is 0.271. The van der Waals surface area contributed by atoms with Crippen molar-refractivity contribution in [2.75, 3.05) is 6.61 Å². The first-order valence-corrected chi connectivity index (χ1v) is 6.27. The van der Waals surface area contributed by atoms with Gasteiger partial charge in [-0.3, -0.25) is 14.9 Å². The van der Waals surface area contributed by atoms with E-state index < -0.39 is 16.3 Å². The molecule has 0 heterocycles. The number of nitrogens with zero attached hydrogens (tertiary/aromatic N) is 1. The molecule has 0 aliphatic rings. The first-order valence-electron chi connectivity index (χ1n) is 6.27. The van der Waals surface area contributed by atoms with Gasteiger partial charge in [0.15, 0.2) is 5.75 Å².